The Kier molecular flexibility index (Phi) is 5.64. The molecule has 0 fully saturated rings. The average molecular weight is 393 g/mol. The lowest BCUT2D eigenvalue weighted by atomic mass is 10.0. The van der Waals surface area contributed by atoms with Gasteiger partial charge in [-0.3, -0.25) is 19.7 Å². The predicted octanol–water partition coefficient (Wildman–Crippen LogP) is 3.30. The highest BCUT2D eigenvalue weighted by Crippen LogP contribution is 2.22. The molecular formula is C16H13BrN2O5. The van der Waals surface area contributed by atoms with Crippen molar-refractivity contribution in [3.8, 4) is 0 Å². The quantitative estimate of drug-likeness (QED) is 0.578. The van der Waals surface area contributed by atoms with Crippen molar-refractivity contribution in [2.75, 3.05) is 0 Å². The second kappa shape index (κ2) is 7.69. The smallest absolute Gasteiger partial charge is 0.305 e. The first-order chi connectivity index (χ1) is 11.4. The lowest BCUT2D eigenvalue weighted by molar-refractivity contribution is -0.384. The summed E-state index contributed by atoms with van der Waals surface area (Å²) >= 11 is 3.26. The van der Waals surface area contributed by atoms with Crippen LogP contribution in [0.4, 0.5) is 5.69 Å². The third-order valence-electron chi connectivity index (χ3n) is 3.25. The number of carbonyl (C=O) groups excluding carboxylic acids is 1. The number of amides is 1. The second-order valence-electron chi connectivity index (χ2n) is 4.99. The number of non-ortho nitro benzene ring substituents is 1. The third kappa shape index (κ3) is 4.63. The monoisotopic (exact) mass is 392 g/mol. The van der Waals surface area contributed by atoms with E-state index in [0.29, 0.717) is 15.6 Å². The zero-order chi connectivity index (χ0) is 17.7. The van der Waals surface area contributed by atoms with Gasteiger partial charge >= 0.3 is 5.97 Å². The highest BCUT2D eigenvalue weighted by molar-refractivity contribution is 9.10. The number of hydrogen-bond acceptors (Lipinski definition) is 4. The Hall–Kier alpha value is -2.74. The summed E-state index contributed by atoms with van der Waals surface area (Å²) in [5, 5.41) is 22.5. The molecule has 0 spiro atoms. The molecule has 7 nitrogen and oxygen atoms in total. The highest BCUT2D eigenvalue weighted by atomic mass is 79.9. The van der Waals surface area contributed by atoms with E-state index in [1.807, 2.05) is 0 Å². The molecule has 0 radical (unpaired) electrons. The van der Waals surface area contributed by atoms with Gasteiger partial charge in [-0.1, -0.05) is 34.1 Å². The third-order valence-corrected chi connectivity index (χ3v) is 3.75. The van der Waals surface area contributed by atoms with Gasteiger partial charge in [0.05, 0.1) is 17.4 Å². The summed E-state index contributed by atoms with van der Waals surface area (Å²) in [6.07, 6.45) is -0.388. The largest absolute Gasteiger partial charge is 0.481 e. The van der Waals surface area contributed by atoms with Gasteiger partial charge < -0.3 is 10.4 Å². The van der Waals surface area contributed by atoms with E-state index in [1.165, 1.54) is 18.2 Å². The molecule has 0 saturated carbocycles. The fourth-order valence-corrected chi connectivity index (χ4v) is 2.55. The number of nitrogens with zero attached hydrogens (tertiary/aromatic N) is 1. The summed E-state index contributed by atoms with van der Waals surface area (Å²) in [6, 6.07) is 11.3. The number of halogens is 1. The predicted molar refractivity (Wildman–Crippen MR) is 89.7 cm³/mol. The molecule has 2 aromatic rings. The number of nitrogens with one attached hydrogen (secondary N) is 1. The van der Waals surface area contributed by atoms with Crippen LogP contribution in [-0.2, 0) is 4.79 Å². The molecule has 0 heterocycles. The molecule has 1 unspecified atom stereocenters. The molecule has 0 aliphatic carbocycles. The normalized spacial score (nSPS) is 11.5. The van der Waals surface area contributed by atoms with Crippen molar-refractivity contribution in [2.24, 2.45) is 0 Å². The molecule has 1 atom stereocenters. The number of aliphatic carboxylic acids is 1. The molecule has 0 aromatic heterocycles. The standard InChI is InChI=1S/C16H13BrN2O5/c17-12-5-1-4-11(7-12)16(22)18-14(9-15(20)21)10-3-2-6-13(8-10)19(23)24/h1-8,14H,9H2,(H,18,22)(H,20,21). The Balaban J connectivity index is 2.28. The molecule has 1 amide bonds. The number of rotatable bonds is 6. The Labute approximate surface area is 145 Å². The van der Waals surface area contributed by atoms with Gasteiger partial charge in [0.25, 0.3) is 11.6 Å². The summed E-state index contributed by atoms with van der Waals surface area (Å²) < 4.78 is 0.709. The fraction of sp³-hybridized carbons (Fsp3) is 0.125. The van der Waals surface area contributed by atoms with Crippen LogP contribution in [0.5, 0.6) is 0 Å². The van der Waals surface area contributed by atoms with Gasteiger partial charge in [0.15, 0.2) is 0 Å². The fourth-order valence-electron chi connectivity index (χ4n) is 2.15. The molecule has 2 rings (SSSR count). The Bertz CT molecular complexity index is 794. The van der Waals surface area contributed by atoms with E-state index in [2.05, 4.69) is 21.2 Å². The van der Waals surface area contributed by atoms with Crippen LogP contribution in [0.25, 0.3) is 0 Å². The first kappa shape index (κ1) is 17.6. The van der Waals surface area contributed by atoms with E-state index in [9.17, 15) is 19.7 Å². The molecule has 2 N–H and O–H groups in total. The molecule has 8 heteroatoms. The summed E-state index contributed by atoms with van der Waals surface area (Å²) in [5.41, 5.74) is 0.541. The molecule has 0 bridgehead atoms. The van der Waals surface area contributed by atoms with Crippen molar-refractivity contribution in [3.63, 3.8) is 0 Å². The van der Waals surface area contributed by atoms with Crippen LogP contribution < -0.4 is 5.32 Å². The van der Waals surface area contributed by atoms with Crippen LogP contribution in [0.15, 0.2) is 53.0 Å². The molecule has 2 aromatic carbocycles. The van der Waals surface area contributed by atoms with E-state index < -0.39 is 22.8 Å². The summed E-state index contributed by atoms with van der Waals surface area (Å²) in [7, 11) is 0. The number of nitro groups is 1. The summed E-state index contributed by atoms with van der Waals surface area (Å²) in [6.45, 7) is 0. The zero-order valence-electron chi connectivity index (χ0n) is 12.3. The highest BCUT2D eigenvalue weighted by Gasteiger charge is 2.21. The lowest BCUT2D eigenvalue weighted by Gasteiger charge is -2.17. The first-order valence-corrected chi connectivity index (χ1v) is 7.68. The van der Waals surface area contributed by atoms with Crippen molar-refractivity contribution in [3.05, 3.63) is 74.2 Å². The number of benzene rings is 2. The van der Waals surface area contributed by atoms with E-state index >= 15 is 0 Å². The average Bonchev–Trinajstić information content (AvgIpc) is 2.54. The Morgan fingerprint density at radius 3 is 2.54 bits per heavy atom. The van der Waals surface area contributed by atoms with Gasteiger partial charge in [-0.25, -0.2) is 0 Å². The van der Waals surface area contributed by atoms with Crippen molar-refractivity contribution >= 4 is 33.5 Å². The molecule has 0 aliphatic heterocycles. The molecule has 24 heavy (non-hydrogen) atoms. The lowest BCUT2D eigenvalue weighted by Crippen LogP contribution is -2.30. The topological polar surface area (TPSA) is 110 Å². The van der Waals surface area contributed by atoms with Gasteiger partial charge in [-0.2, -0.15) is 0 Å². The van der Waals surface area contributed by atoms with Gasteiger partial charge in [0, 0.05) is 22.2 Å². The van der Waals surface area contributed by atoms with Crippen LogP contribution >= 0.6 is 15.9 Å². The molecule has 0 saturated heterocycles. The summed E-state index contributed by atoms with van der Waals surface area (Å²) in [5.74, 6) is -1.59. The van der Waals surface area contributed by atoms with Gasteiger partial charge in [-0.05, 0) is 23.8 Å². The second-order valence-corrected chi connectivity index (χ2v) is 5.90. The molecular weight excluding hydrogens is 380 g/mol. The van der Waals surface area contributed by atoms with Gasteiger partial charge in [0.1, 0.15) is 0 Å². The number of carboxylic acid groups (broad SMARTS) is 1. The number of nitro benzene ring substituents is 1. The van der Waals surface area contributed by atoms with Crippen LogP contribution in [0, 0.1) is 10.1 Å². The maximum Gasteiger partial charge on any atom is 0.305 e. The molecule has 0 aliphatic rings. The van der Waals surface area contributed by atoms with Crippen molar-refractivity contribution < 1.29 is 19.6 Å². The van der Waals surface area contributed by atoms with Crippen LogP contribution in [0.1, 0.15) is 28.4 Å². The number of carboxylic acids is 1. The van der Waals surface area contributed by atoms with E-state index in [4.69, 9.17) is 5.11 Å². The van der Waals surface area contributed by atoms with Crippen molar-refractivity contribution in [1.29, 1.82) is 0 Å². The van der Waals surface area contributed by atoms with Crippen molar-refractivity contribution in [1.82, 2.24) is 5.32 Å². The number of carbonyl (C=O) groups is 2. The Morgan fingerprint density at radius 2 is 1.92 bits per heavy atom. The minimum Gasteiger partial charge on any atom is -0.481 e. The van der Waals surface area contributed by atoms with Crippen molar-refractivity contribution in [2.45, 2.75) is 12.5 Å². The maximum atomic E-state index is 12.3. The van der Waals surface area contributed by atoms with Crippen LogP contribution in [-0.4, -0.2) is 21.9 Å². The van der Waals surface area contributed by atoms with Gasteiger partial charge in [0.2, 0.25) is 0 Å². The van der Waals surface area contributed by atoms with E-state index in [1.54, 1.807) is 30.3 Å². The SMILES string of the molecule is O=C(O)CC(NC(=O)c1cccc(Br)c1)c1cccc([N+](=O)[O-])c1. The molecule has 124 valence electrons. The van der Waals surface area contributed by atoms with Crippen LogP contribution in [0.2, 0.25) is 0 Å². The van der Waals surface area contributed by atoms with E-state index in [-0.39, 0.29) is 12.1 Å². The van der Waals surface area contributed by atoms with Gasteiger partial charge in [-0.15, -0.1) is 0 Å². The first-order valence-electron chi connectivity index (χ1n) is 6.89. The minimum atomic E-state index is -1.12. The summed E-state index contributed by atoms with van der Waals surface area (Å²) in [4.78, 5) is 33.7. The Morgan fingerprint density at radius 1 is 1.21 bits per heavy atom. The minimum absolute atomic E-state index is 0.167. The number of hydrogen-bond donors (Lipinski definition) is 2. The van der Waals surface area contributed by atoms with Crippen LogP contribution in [0.3, 0.4) is 0 Å². The zero-order valence-corrected chi connectivity index (χ0v) is 13.9. The van der Waals surface area contributed by atoms with E-state index in [0.717, 1.165) is 0 Å². The maximum absolute atomic E-state index is 12.3.